The van der Waals surface area contributed by atoms with Crippen LogP contribution in [0.15, 0.2) is 42.5 Å². The molecule has 1 aromatic heterocycles. The molecule has 0 radical (unpaired) electrons. The second-order valence-electron chi connectivity index (χ2n) is 6.26. The molecule has 1 aliphatic rings. The van der Waals surface area contributed by atoms with Crippen LogP contribution in [0.2, 0.25) is 0 Å². The molecule has 2 heterocycles. The Morgan fingerprint density at radius 2 is 2.04 bits per heavy atom. The number of hydrogen-bond donors (Lipinski definition) is 4. The van der Waals surface area contributed by atoms with Crippen molar-refractivity contribution in [2.45, 2.75) is 19.1 Å². The molecule has 1 aliphatic heterocycles. The predicted molar refractivity (Wildman–Crippen MR) is 97.5 cm³/mol. The zero-order valence-corrected chi connectivity index (χ0v) is 13.7. The zero-order chi connectivity index (χ0) is 17.2. The van der Waals surface area contributed by atoms with E-state index in [1.54, 1.807) is 18.2 Å². The molecule has 6 nitrogen and oxygen atoms in total. The van der Waals surface area contributed by atoms with Gasteiger partial charge in [0.15, 0.2) is 5.82 Å². The van der Waals surface area contributed by atoms with Crippen LogP contribution in [-0.2, 0) is 6.61 Å². The zero-order valence-electron chi connectivity index (χ0n) is 13.7. The summed E-state index contributed by atoms with van der Waals surface area (Å²) in [5, 5.41) is 27.3. The lowest BCUT2D eigenvalue weighted by Gasteiger charge is -2.16. The molecule has 4 N–H and O–H groups in total. The van der Waals surface area contributed by atoms with Crippen molar-refractivity contribution in [1.29, 1.82) is 0 Å². The standard InChI is InChI=1S/C19H20N4O2/c24-11-12-5-6-16-15(9-12)19(21-13-7-8-20-10-13)23-18(22-16)14-3-1-2-4-17(14)25/h1-6,9,13,20,24-25H,7-8,10-11H2,(H,21,22,23)/t13-/m0/s1. The van der Waals surface area contributed by atoms with Crippen LogP contribution in [0.25, 0.3) is 22.3 Å². The van der Waals surface area contributed by atoms with Crippen LogP contribution in [0, 0.1) is 0 Å². The Bertz CT molecular complexity index is 907. The van der Waals surface area contributed by atoms with Crippen molar-refractivity contribution < 1.29 is 10.2 Å². The topological polar surface area (TPSA) is 90.3 Å². The van der Waals surface area contributed by atoms with Crippen LogP contribution in [0.1, 0.15) is 12.0 Å². The Balaban J connectivity index is 1.86. The summed E-state index contributed by atoms with van der Waals surface area (Å²) in [7, 11) is 0. The van der Waals surface area contributed by atoms with Crippen LogP contribution in [0.4, 0.5) is 5.82 Å². The van der Waals surface area contributed by atoms with Crippen LogP contribution in [0.5, 0.6) is 5.75 Å². The number of phenolic OH excluding ortho intramolecular Hbond substituents is 1. The number of aliphatic hydroxyl groups excluding tert-OH is 1. The minimum Gasteiger partial charge on any atom is -0.507 e. The average molecular weight is 336 g/mol. The van der Waals surface area contributed by atoms with Gasteiger partial charge in [0.2, 0.25) is 0 Å². The summed E-state index contributed by atoms with van der Waals surface area (Å²) in [6.07, 6.45) is 1.02. The number of nitrogens with zero attached hydrogens (tertiary/aromatic N) is 2. The summed E-state index contributed by atoms with van der Waals surface area (Å²) in [6.45, 7) is 1.84. The van der Waals surface area contributed by atoms with E-state index in [-0.39, 0.29) is 12.4 Å². The maximum atomic E-state index is 10.1. The summed E-state index contributed by atoms with van der Waals surface area (Å²) < 4.78 is 0. The first-order valence-corrected chi connectivity index (χ1v) is 8.42. The second-order valence-corrected chi connectivity index (χ2v) is 6.26. The van der Waals surface area contributed by atoms with Crippen LogP contribution < -0.4 is 10.6 Å². The fraction of sp³-hybridized carbons (Fsp3) is 0.263. The lowest BCUT2D eigenvalue weighted by atomic mass is 10.1. The molecule has 0 bridgehead atoms. The fourth-order valence-corrected chi connectivity index (χ4v) is 3.14. The lowest BCUT2D eigenvalue weighted by Crippen LogP contribution is -2.23. The molecule has 0 aliphatic carbocycles. The number of aromatic nitrogens is 2. The molecule has 0 spiro atoms. The number of fused-ring (bicyclic) bond motifs is 1. The number of rotatable bonds is 4. The van der Waals surface area contributed by atoms with Gasteiger partial charge in [-0.1, -0.05) is 18.2 Å². The van der Waals surface area contributed by atoms with Crippen molar-refractivity contribution in [3.05, 3.63) is 48.0 Å². The average Bonchev–Trinajstić information content (AvgIpc) is 3.15. The number of hydrogen-bond acceptors (Lipinski definition) is 6. The molecule has 6 heteroatoms. The summed E-state index contributed by atoms with van der Waals surface area (Å²) in [6, 6.07) is 13.0. The maximum Gasteiger partial charge on any atom is 0.165 e. The molecule has 4 rings (SSSR count). The van der Waals surface area contributed by atoms with Gasteiger partial charge in [0.25, 0.3) is 0 Å². The third kappa shape index (κ3) is 3.14. The minimum atomic E-state index is -0.0262. The first-order chi connectivity index (χ1) is 12.2. The summed E-state index contributed by atoms with van der Waals surface area (Å²) in [5.74, 6) is 1.37. The molecule has 128 valence electrons. The number of benzene rings is 2. The largest absolute Gasteiger partial charge is 0.507 e. The quantitative estimate of drug-likeness (QED) is 0.584. The molecule has 0 saturated carbocycles. The van der Waals surface area contributed by atoms with Gasteiger partial charge in [0, 0.05) is 18.0 Å². The molecule has 25 heavy (non-hydrogen) atoms. The van der Waals surface area contributed by atoms with Gasteiger partial charge in [-0.3, -0.25) is 0 Å². The minimum absolute atomic E-state index is 0.0262. The molecule has 1 atom stereocenters. The van der Waals surface area contributed by atoms with Crippen molar-refractivity contribution in [3.8, 4) is 17.1 Å². The summed E-state index contributed by atoms with van der Waals surface area (Å²) in [4.78, 5) is 9.29. The Morgan fingerprint density at radius 1 is 1.16 bits per heavy atom. The normalized spacial score (nSPS) is 17.1. The number of nitrogens with one attached hydrogen (secondary N) is 2. The van der Waals surface area contributed by atoms with E-state index < -0.39 is 0 Å². The molecule has 1 saturated heterocycles. The Kier molecular flexibility index (Phi) is 4.21. The Morgan fingerprint density at radius 3 is 2.80 bits per heavy atom. The summed E-state index contributed by atoms with van der Waals surface area (Å²) in [5.41, 5.74) is 2.20. The number of para-hydroxylation sites is 1. The van der Waals surface area contributed by atoms with Gasteiger partial charge >= 0.3 is 0 Å². The van der Waals surface area contributed by atoms with E-state index in [1.807, 2.05) is 24.3 Å². The van der Waals surface area contributed by atoms with Gasteiger partial charge in [-0.05, 0) is 42.8 Å². The monoisotopic (exact) mass is 336 g/mol. The van der Waals surface area contributed by atoms with Crippen molar-refractivity contribution in [2.24, 2.45) is 0 Å². The molecule has 1 fully saturated rings. The van der Waals surface area contributed by atoms with Crippen molar-refractivity contribution in [3.63, 3.8) is 0 Å². The van der Waals surface area contributed by atoms with Gasteiger partial charge in [0.1, 0.15) is 11.6 Å². The first-order valence-electron chi connectivity index (χ1n) is 8.42. The van der Waals surface area contributed by atoms with E-state index in [9.17, 15) is 10.2 Å². The van der Waals surface area contributed by atoms with Crippen LogP contribution in [-0.4, -0.2) is 39.3 Å². The van der Waals surface area contributed by atoms with Gasteiger partial charge in [0.05, 0.1) is 17.7 Å². The molecule has 0 unspecified atom stereocenters. The summed E-state index contributed by atoms with van der Waals surface area (Å²) >= 11 is 0. The van der Waals surface area contributed by atoms with E-state index in [4.69, 9.17) is 0 Å². The Hall–Kier alpha value is -2.70. The maximum absolute atomic E-state index is 10.1. The molecular weight excluding hydrogens is 316 g/mol. The SMILES string of the molecule is OCc1ccc2nc(-c3ccccc3O)nc(N[C@H]3CCNC3)c2c1. The van der Waals surface area contributed by atoms with E-state index in [0.717, 1.165) is 41.8 Å². The van der Waals surface area contributed by atoms with E-state index in [1.165, 1.54) is 0 Å². The first kappa shape index (κ1) is 15.8. The van der Waals surface area contributed by atoms with E-state index >= 15 is 0 Å². The van der Waals surface area contributed by atoms with Crippen LogP contribution >= 0.6 is 0 Å². The van der Waals surface area contributed by atoms with E-state index in [2.05, 4.69) is 20.6 Å². The smallest absolute Gasteiger partial charge is 0.165 e. The highest BCUT2D eigenvalue weighted by atomic mass is 16.3. The molecule has 2 aromatic carbocycles. The second kappa shape index (κ2) is 6.66. The van der Waals surface area contributed by atoms with Crippen molar-refractivity contribution in [1.82, 2.24) is 15.3 Å². The highest BCUT2D eigenvalue weighted by molar-refractivity contribution is 5.91. The van der Waals surface area contributed by atoms with Gasteiger partial charge < -0.3 is 20.8 Å². The molecular formula is C19H20N4O2. The third-order valence-electron chi connectivity index (χ3n) is 4.49. The van der Waals surface area contributed by atoms with Gasteiger partial charge in [-0.25, -0.2) is 9.97 Å². The predicted octanol–water partition coefficient (Wildman–Crippen LogP) is 2.27. The number of anilines is 1. The van der Waals surface area contributed by atoms with E-state index in [0.29, 0.717) is 17.4 Å². The van der Waals surface area contributed by atoms with Gasteiger partial charge in [-0.2, -0.15) is 0 Å². The van der Waals surface area contributed by atoms with Gasteiger partial charge in [-0.15, -0.1) is 0 Å². The number of aliphatic hydroxyl groups is 1. The molecule has 0 amide bonds. The fourth-order valence-electron chi connectivity index (χ4n) is 3.14. The molecule has 3 aromatic rings. The van der Waals surface area contributed by atoms with Crippen molar-refractivity contribution in [2.75, 3.05) is 18.4 Å². The number of phenols is 1. The number of aromatic hydroxyl groups is 1. The highest BCUT2D eigenvalue weighted by Crippen LogP contribution is 2.31. The third-order valence-corrected chi connectivity index (χ3v) is 4.49. The van der Waals surface area contributed by atoms with Crippen LogP contribution in [0.3, 0.4) is 0 Å². The lowest BCUT2D eigenvalue weighted by molar-refractivity contribution is 0.282. The highest BCUT2D eigenvalue weighted by Gasteiger charge is 2.18. The van der Waals surface area contributed by atoms with Crippen molar-refractivity contribution >= 4 is 16.7 Å². The Labute approximate surface area is 145 Å².